The number of hydrogen-bond donors (Lipinski definition) is 1. The number of ether oxygens (including phenoxy) is 1. The predicted molar refractivity (Wildman–Crippen MR) is 92.1 cm³/mol. The van der Waals surface area contributed by atoms with Crippen molar-refractivity contribution in [3.63, 3.8) is 0 Å². The molecule has 0 radical (unpaired) electrons. The molecule has 0 atom stereocenters. The van der Waals surface area contributed by atoms with Gasteiger partial charge >= 0.3 is 6.18 Å². The lowest BCUT2D eigenvalue weighted by Crippen LogP contribution is -2.06. The highest BCUT2D eigenvalue weighted by atomic mass is 35.5. The molecule has 1 N–H and O–H groups in total. The third-order valence-electron chi connectivity index (χ3n) is 4.02. The van der Waals surface area contributed by atoms with Gasteiger partial charge in [0.2, 0.25) is 0 Å². The number of phenolic OH excluding ortho intramolecular Hbond substituents is 1. The van der Waals surface area contributed by atoms with Gasteiger partial charge in [0.1, 0.15) is 18.1 Å². The molecule has 0 bridgehead atoms. The number of hydrogen-bond acceptors (Lipinski definition) is 3. The van der Waals surface area contributed by atoms with Gasteiger partial charge in [-0.3, -0.25) is 4.68 Å². The predicted octanol–water partition coefficient (Wildman–Crippen LogP) is 5.03. The van der Waals surface area contributed by atoms with Crippen molar-refractivity contribution in [1.29, 1.82) is 0 Å². The van der Waals surface area contributed by atoms with E-state index in [0.717, 1.165) is 34.2 Å². The molecule has 1 aromatic carbocycles. The van der Waals surface area contributed by atoms with Crippen LogP contribution in [-0.4, -0.2) is 21.5 Å². The van der Waals surface area contributed by atoms with Gasteiger partial charge in [-0.15, -0.1) is 0 Å². The summed E-state index contributed by atoms with van der Waals surface area (Å²) in [4.78, 5) is 0. The minimum absolute atomic E-state index is 0.163. The Hall–Kier alpha value is -2.41. The Balaban J connectivity index is 1.77. The van der Waals surface area contributed by atoms with Gasteiger partial charge < -0.3 is 9.84 Å². The molecule has 2 aromatic rings. The molecular formula is C18H16ClF3N2O2. The molecule has 0 unspecified atom stereocenters. The van der Waals surface area contributed by atoms with Crippen LogP contribution in [0.5, 0.6) is 11.5 Å². The first kappa shape index (κ1) is 18.4. The van der Waals surface area contributed by atoms with E-state index in [-0.39, 0.29) is 17.0 Å². The normalized spacial score (nSPS) is 14.8. The van der Waals surface area contributed by atoms with Gasteiger partial charge in [0.25, 0.3) is 0 Å². The summed E-state index contributed by atoms with van der Waals surface area (Å²) in [5.41, 5.74) is 0.468. The Morgan fingerprint density at radius 3 is 2.58 bits per heavy atom. The molecule has 1 aromatic heterocycles. The fourth-order valence-electron chi connectivity index (χ4n) is 2.63. The van der Waals surface area contributed by atoms with Crippen molar-refractivity contribution in [1.82, 2.24) is 9.78 Å². The lowest BCUT2D eigenvalue weighted by molar-refractivity contribution is -0.141. The van der Waals surface area contributed by atoms with Crippen LogP contribution in [0, 0.1) is 0 Å². The van der Waals surface area contributed by atoms with Crippen LogP contribution in [0.2, 0.25) is 0 Å². The van der Waals surface area contributed by atoms with Gasteiger partial charge in [-0.2, -0.15) is 18.3 Å². The van der Waals surface area contributed by atoms with Crippen LogP contribution in [0.3, 0.4) is 0 Å². The minimum Gasteiger partial charge on any atom is -0.507 e. The third-order valence-corrected chi connectivity index (χ3v) is 4.34. The summed E-state index contributed by atoms with van der Waals surface area (Å²) in [6.45, 7) is 0.351. The summed E-state index contributed by atoms with van der Waals surface area (Å²) >= 11 is 5.90. The highest BCUT2D eigenvalue weighted by Crippen LogP contribution is 2.36. The van der Waals surface area contributed by atoms with Crippen LogP contribution in [-0.2, 0) is 13.2 Å². The second-order valence-electron chi connectivity index (χ2n) is 5.94. The lowest BCUT2D eigenvalue weighted by atomic mass is 10.1. The van der Waals surface area contributed by atoms with E-state index < -0.39 is 11.9 Å². The van der Waals surface area contributed by atoms with Crippen LogP contribution >= 0.6 is 11.6 Å². The van der Waals surface area contributed by atoms with E-state index in [9.17, 15) is 18.3 Å². The summed E-state index contributed by atoms with van der Waals surface area (Å²) in [7, 11) is 1.39. The van der Waals surface area contributed by atoms with Gasteiger partial charge in [0, 0.05) is 23.7 Å². The average Bonchev–Trinajstić information content (AvgIpc) is 2.96. The topological polar surface area (TPSA) is 47.3 Å². The number of nitrogens with zero attached hydrogens (tertiary/aromatic N) is 2. The molecule has 1 aliphatic carbocycles. The number of alkyl halides is 3. The Morgan fingerprint density at radius 2 is 2.00 bits per heavy atom. The monoisotopic (exact) mass is 384 g/mol. The molecule has 1 heterocycles. The number of allylic oxidation sites excluding steroid dienone is 3. The van der Waals surface area contributed by atoms with Crippen molar-refractivity contribution >= 4 is 11.6 Å². The van der Waals surface area contributed by atoms with Crippen molar-refractivity contribution in [2.24, 2.45) is 7.05 Å². The maximum atomic E-state index is 12.8. The molecule has 3 rings (SSSR count). The molecule has 8 heteroatoms. The zero-order valence-corrected chi connectivity index (χ0v) is 14.6. The van der Waals surface area contributed by atoms with Crippen LogP contribution in [0.4, 0.5) is 13.2 Å². The number of aromatic nitrogens is 2. The van der Waals surface area contributed by atoms with E-state index in [2.05, 4.69) is 5.10 Å². The number of aromatic hydroxyl groups is 1. The summed E-state index contributed by atoms with van der Waals surface area (Å²) in [5, 5.41) is 14.5. The summed E-state index contributed by atoms with van der Waals surface area (Å²) in [6.07, 6.45) is 0.747. The molecule has 0 fully saturated rings. The summed E-state index contributed by atoms with van der Waals surface area (Å²) < 4.78 is 45.1. The fraction of sp³-hybridized carbons (Fsp3) is 0.278. The smallest absolute Gasteiger partial charge is 0.435 e. The largest absolute Gasteiger partial charge is 0.507 e. The first-order valence-electron chi connectivity index (χ1n) is 7.85. The first-order chi connectivity index (χ1) is 12.2. The molecule has 138 valence electrons. The highest BCUT2D eigenvalue weighted by molar-refractivity contribution is 6.29. The summed E-state index contributed by atoms with van der Waals surface area (Å²) in [5.74, 6) is 0.241. The van der Waals surface area contributed by atoms with Crippen molar-refractivity contribution < 1.29 is 23.0 Å². The molecule has 0 saturated carbocycles. The standard InChI is InChI=1S/C18H16ClF3N2O2/c1-24-15(9-17(23-24)18(20,21)22)14-7-6-13(8-16(14)25)26-10-11-2-4-12(19)5-3-11/h2,4,6-9,25H,3,5,10H2,1H3. The maximum Gasteiger partial charge on any atom is 0.435 e. The molecular weight excluding hydrogens is 369 g/mol. The SMILES string of the molecule is Cn1nc(C(F)(F)F)cc1-c1ccc(OCC2=CC=C(Cl)CC2)cc1O. The molecule has 0 aliphatic heterocycles. The average molecular weight is 385 g/mol. The van der Waals surface area contributed by atoms with Crippen molar-refractivity contribution in [2.45, 2.75) is 19.0 Å². The molecule has 4 nitrogen and oxygen atoms in total. The lowest BCUT2D eigenvalue weighted by Gasteiger charge is -2.13. The molecule has 0 spiro atoms. The second-order valence-corrected chi connectivity index (χ2v) is 6.43. The van der Waals surface area contributed by atoms with Gasteiger partial charge in [0.15, 0.2) is 5.69 Å². The van der Waals surface area contributed by atoms with E-state index >= 15 is 0 Å². The van der Waals surface area contributed by atoms with Crippen LogP contribution in [0.25, 0.3) is 11.3 Å². The van der Waals surface area contributed by atoms with E-state index in [1.54, 1.807) is 6.07 Å². The maximum absolute atomic E-state index is 12.8. The Labute approximate surface area is 153 Å². The number of aryl methyl sites for hydroxylation is 1. The number of phenols is 1. The number of rotatable bonds is 4. The zero-order valence-electron chi connectivity index (χ0n) is 13.8. The van der Waals surface area contributed by atoms with Crippen molar-refractivity contribution in [3.8, 4) is 22.8 Å². The van der Waals surface area contributed by atoms with Gasteiger partial charge in [-0.25, -0.2) is 0 Å². The third kappa shape index (κ3) is 4.04. The minimum atomic E-state index is -4.54. The van der Waals surface area contributed by atoms with Crippen molar-refractivity contribution in [2.75, 3.05) is 6.61 Å². The Bertz CT molecular complexity index is 885. The van der Waals surface area contributed by atoms with Gasteiger partial charge in [-0.1, -0.05) is 17.7 Å². The fourth-order valence-corrected chi connectivity index (χ4v) is 2.78. The molecule has 0 saturated heterocycles. The van der Waals surface area contributed by atoms with E-state index in [1.165, 1.54) is 19.2 Å². The highest BCUT2D eigenvalue weighted by Gasteiger charge is 2.35. The first-order valence-corrected chi connectivity index (χ1v) is 8.23. The van der Waals surface area contributed by atoms with Crippen molar-refractivity contribution in [3.05, 3.63) is 52.7 Å². The molecule has 0 amide bonds. The number of halogens is 4. The van der Waals surface area contributed by atoms with E-state index in [4.69, 9.17) is 16.3 Å². The van der Waals surface area contributed by atoms with Crippen LogP contribution in [0.1, 0.15) is 18.5 Å². The Kier molecular flexibility index (Phi) is 5.00. The van der Waals surface area contributed by atoms with Crippen LogP contribution in [0.15, 0.2) is 47.0 Å². The Morgan fingerprint density at radius 1 is 1.23 bits per heavy atom. The molecule has 1 aliphatic rings. The van der Waals surface area contributed by atoms with Gasteiger partial charge in [-0.05, 0) is 42.7 Å². The second kappa shape index (κ2) is 7.07. The summed E-state index contributed by atoms with van der Waals surface area (Å²) in [6, 6.07) is 5.38. The zero-order chi connectivity index (χ0) is 18.9. The van der Waals surface area contributed by atoms with Crippen LogP contribution < -0.4 is 4.74 Å². The molecule has 26 heavy (non-hydrogen) atoms. The number of benzene rings is 1. The van der Waals surface area contributed by atoms with E-state index in [1.807, 2.05) is 12.2 Å². The quantitative estimate of drug-likeness (QED) is 0.804. The van der Waals surface area contributed by atoms with Gasteiger partial charge in [0.05, 0.1) is 5.69 Å². The van der Waals surface area contributed by atoms with E-state index in [0.29, 0.717) is 12.4 Å².